The summed E-state index contributed by atoms with van der Waals surface area (Å²) >= 11 is 6.10. The van der Waals surface area contributed by atoms with Crippen molar-refractivity contribution in [3.63, 3.8) is 0 Å². The summed E-state index contributed by atoms with van der Waals surface area (Å²) in [5.41, 5.74) is 3.82. The lowest BCUT2D eigenvalue weighted by molar-refractivity contribution is 0.393. The molecule has 1 atom stereocenters. The van der Waals surface area contributed by atoms with Crippen LogP contribution in [0.15, 0.2) is 12.1 Å². The van der Waals surface area contributed by atoms with Crippen molar-refractivity contribution in [2.24, 2.45) is 11.8 Å². The molecule has 0 radical (unpaired) electrons. The van der Waals surface area contributed by atoms with Gasteiger partial charge >= 0.3 is 0 Å². The van der Waals surface area contributed by atoms with Gasteiger partial charge in [-0.25, -0.2) is 0 Å². The zero-order valence-electron chi connectivity index (χ0n) is 9.60. The Morgan fingerprint density at radius 3 is 2.80 bits per heavy atom. The van der Waals surface area contributed by atoms with Crippen LogP contribution in [0.2, 0.25) is 5.02 Å². The Morgan fingerprint density at radius 1 is 1.40 bits per heavy atom. The van der Waals surface area contributed by atoms with Crippen LogP contribution in [-0.2, 0) is 6.42 Å². The minimum atomic E-state index is 0.738. The number of hydrogen-bond acceptors (Lipinski definition) is 1. The lowest BCUT2D eigenvalue weighted by Crippen LogP contribution is -2.27. The number of nitrogens with one attached hydrogen (secondary N) is 1. The molecule has 0 aromatic heterocycles. The van der Waals surface area contributed by atoms with Crippen LogP contribution >= 0.6 is 11.6 Å². The van der Waals surface area contributed by atoms with E-state index in [2.05, 4.69) is 38.2 Å². The number of hydrogen-bond donors (Lipinski definition) is 1. The predicted molar refractivity (Wildman–Crippen MR) is 66.7 cm³/mol. The number of aryl methyl sites for hydroxylation is 1. The molecule has 1 nitrogen and oxygen atoms in total. The van der Waals surface area contributed by atoms with E-state index in [1.165, 1.54) is 23.2 Å². The third-order valence-electron chi connectivity index (χ3n) is 3.36. The van der Waals surface area contributed by atoms with E-state index in [4.69, 9.17) is 11.6 Å². The van der Waals surface area contributed by atoms with Gasteiger partial charge in [0.1, 0.15) is 0 Å². The molecule has 2 heteroatoms. The monoisotopic (exact) mass is 223 g/mol. The molecule has 0 saturated carbocycles. The highest BCUT2D eigenvalue weighted by Crippen LogP contribution is 2.32. The highest BCUT2D eigenvalue weighted by atomic mass is 35.5. The van der Waals surface area contributed by atoms with Crippen LogP contribution < -0.4 is 5.32 Å². The molecule has 1 heterocycles. The summed E-state index contributed by atoms with van der Waals surface area (Å²) in [6, 6.07) is 4.28. The third kappa shape index (κ3) is 2.12. The smallest absolute Gasteiger partial charge is 0.0455 e. The molecule has 82 valence electrons. The van der Waals surface area contributed by atoms with Crippen molar-refractivity contribution in [1.82, 2.24) is 0 Å². The summed E-state index contributed by atoms with van der Waals surface area (Å²) in [5.74, 6) is 1.49. The molecule has 0 aliphatic carbocycles. The lowest BCUT2D eigenvalue weighted by Gasteiger charge is -2.29. The topological polar surface area (TPSA) is 12.0 Å². The number of anilines is 1. The normalized spacial score (nSPS) is 19.9. The van der Waals surface area contributed by atoms with Crippen LogP contribution in [0, 0.1) is 18.8 Å². The molecule has 15 heavy (non-hydrogen) atoms. The molecule has 1 aromatic rings. The largest absolute Gasteiger partial charge is 0.384 e. The van der Waals surface area contributed by atoms with Crippen molar-refractivity contribution in [1.29, 1.82) is 0 Å². The van der Waals surface area contributed by atoms with Crippen LogP contribution in [0.5, 0.6) is 0 Å². The van der Waals surface area contributed by atoms with Crippen LogP contribution in [0.25, 0.3) is 0 Å². The molecule has 0 fully saturated rings. The Bertz CT molecular complexity index is 371. The molecular formula is C13H18ClN. The molecular weight excluding hydrogens is 206 g/mol. The molecule has 1 unspecified atom stereocenters. The van der Waals surface area contributed by atoms with Crippen LogP contribution in [0.3, 0.4) is 0 Å². The summed E-state index contributed by atoms with van der Waals surface area (Å²) < 4.78 is 0. The van der Waals surface area contributed by atoms with Gasteiger partial charge in [0.15, 0.2) is 0 Å². The van der Waals surface area contributed by atoms with Crippen LogP contribution in [-0.4, -0.2) is 6.54 Å². The maximum atomic E-state index is 6.10. The maximum Gasteiger partial charge on any atom is 0.0455 e. The molecule has 1 aliphatic rings. The Morgan fingerprint density at radius 2 is 2.13 bits per heavy atom. The van der Waals surface area contributed by atoms with Crippen molar-refractivity contribution in [3.05, 3.63) is 28.3 Å². The molecule has 0 spiro atoms. The van der Waals surface area contributed by atoms with Crippen molar-refractivity contribution in [2.45, 2.75) is 27.2 Å². The van der Waals surface area contributed by atoms with Gasteiger partial charge in [-0.3, -0.25) is 0 Å². The van der Waals surface area contributed by atoms with E-state index in [9.17, 15) is 0 Å². The van der Waals surface area contributed by atoms with E-state index in [0.29, 0.717) is 0 Å². The second-order valence-corrected chi connectivity index (χ2v) is 5.25. The first kappa shape index (κ1) is 10.8. The third-order valence-corrected chi connectivity index (χ3v) is 3.77. The Labute approximate surface area is 96.8 Å². The first-order valence-electron chi connectivity index (χ1n) is 5.61. The molecule has 1 N–H and O–H groups in total. The Balaban J connectivity index is 2.30. The van der Waals surface area contributed by atoms with E-state index in [1.807, 2.05) is 0 Å². The van der Waals surface area contributed by atoms with Gasteiger partial charge in [-0.1, -0.05) is 31.5 Å². The lowest BCUT2D eigenvalue weighted by atomic mass is 9.85. The number of fused-ring (bicyclic) bond motifs is 1. The van der Waals surface area contributed by atoms with Gasteiger partial charge in [0.2, 0.25) is 0 Å². The molecule has 0 bridgehead atoms. The van der Waals surface area contributed by atoms with Crippen molar-refractivity contribution < 1.29 is 0 Å². The van der Waals surface area contributed by atoms with Gasteiger partial charge in [0.05, 0.1) is 0 Å². The highest BCUT2D eigenvalue weighted by molar-refractivity contribution is 6.31. The van der Waals surface area contributed by atoms with Gasteiger partial charge in [-0.15, -0.1) is 0 Å². The van der Waals surface area contributed by atoms with Gasteiger partial charge in [0, 0.05) is 17.3 Å². The number of rotatable bonds is 1. The zero-order valence-corrected chi connectivity index (χ0v) is 10.4. The molecule has 1 aliphatic heterocycles. The van der Waals surface area contributed by atoms with Gasteiger partial charge in [0.25, 0.3) is 0 Å². The van der Waals surface area contributed by atoms with E-state index in [-0.39, 0.29) is 0 Å². The molecule has 2 rings (SSSR count). The fraction of sp³-hybridized carbons (Fsp3) is 0.538. The fourth-order valence-electron chi connectivity index (χ4n) is 2.14. The van der Waals surface area contributed by atoms with Gasteiger partial charge in [-0.05, 0) is 42.4 Å². The molecule has 0 saturated heterocycles. The van der Waals surface area contributed by atoms with E-state index in [1.54, 1.807) is 0 Å². The quantitative estimate of drug-likeness (QED) is 0.762. The maximum absolute atomic E-state index is 6.10. The average molecular weight is 224 g/mol. The summed E-state index contributed by atoms with van der Waals surface area (Å²) in [6.45, 7) is 7.73. The van der Waals surface area contributed by atoms with E-state index in [0.717, 1.165) is 23.4 Å². The van der Waals surface area contributed by atoms with Gasteiger partial charge in [-0.2, -0.15) is 0 Å². The first-order valence-corrected chi connectivity index (χ1v) is 5.98. The minimum Gasteiger partial charge on any atom is -0.384 e. The second kappa shape index (κ2) is 4.05. The van der Waals surface area contributed by atoms with Crippen molar-refractivity contribution in [3.8, 4) is 0 Å². The molecule has 0 amide bonds. The molecule has 1 aromatic carbocycles. The first-order chi connectivity index (χ1) is 7.08. The van der Waals surface area contributed by atoms with Crippen LogP contribution in [0.4, 0.5) is 5.69 Å². The minimum absolute atomic E-state index is 0.738. The van der Waals surface area contributed by atoms with E-state index < -0.39 is 0 Å². The summed E-state index contributed by atoms with van der Waals surface area (Å²) in [5, 5.41) is 4.34. The van der Waals surface area contributed by atoms with Gasteiger partial charge < -0.3 is 5.32 Å². The summed E-state index contributed by atoms with van der Waals surface area (Å²) in [4.78, 5) is 0. The SMILES string of the molecule is Cc1cc2c(cc1Cl)NCC(C(C)C)C2. The van der Waals surface area contributed by atoms with Crippen molar-refractivity contribution in [2.75, 3.05) is 11.9 Å². The standard InChI is InChI=1S/C13H18ClN/c1-8(2)11-5-10-4-9(3)12(14)6-13(10)15-7-11/h4,6,8,11,15H,5,7H2,1-3H3. The van der Waals surface area contributed by atoms with Crippen LogP contribution in [0.1, 0.15) is 25.0 Å². The summed E-state index contributed by atoms with van der Waals surface area (Å²) in [6.07, 6.45) is 1.18. The Kier molecular flexibility index (Phi) is 2.92. The highest BCUT2D eigenvalue weighted by Gasteiger charge is 2.21. The number of benzene rings is 1. The van der Waals surface area contributed by atoms with Crippen molar-refractivity contribution >= 4 is 17.3 Å². The second-order valence-electron chi connectivity index (χ2n) is 4.85. The number of halogens is 1. The Hall–Kier alpha value is -0.690. The van der Waals surface area contributed by atoms with E-state index >= 15 is 0 Å². The summed E-state index contributed by atoms with van der Waals surface area (Å²) in [7, 11) is 0. The predicted octanol–water partition coefficient (Wildman–Crippen LogP) is 3.89. The average Bonchev–Trinajstić information content (AvgIpc) is 2.19. The zero-order chi connectivity index (χ0) is 11.0. The fourth-order valence-corrected chi connectivity index (χ4v) is 2.31.